The number of carbonyl (C=O) groups is 2. The molecule has 0 atom stereocenters. The highest BCUT2D eigenvalue weighted by atomic mass is 16.5. The molecule has 7 heteroatoms. The van der Waals surface area contributed by atoms with Crippen LogP contribution in [0.15, 0.2) is 42.5 Å². The van der Waals surface area contributed by atoms with Crippen LogP contribution in [0.3, 0.4) is 0 Å². The summed E-state index contributed by atoms with van der Waals surface area (Å²) in [7, 11) is 1.56. The minimum Gasteiger partial charge on any atom is -0.504 e. The van der Waals surface area contributed by atoms with E-state index in [4.69, 9.17) is 9.84 Å². The van der Waals surface area contributed by atoms with Crippen LogP contribution in [0.25, 0.3) is 22.0 Å². The number of carboxylic acids is 1. The lowest BCUT2D eigenvalue weighted by Crippen LogP contribution is -2.07. The Morgan fingerprint density at radius 2 is 1.93 bits per heavy atom. The van der Waals surface area contributed by atoms with E-state index in [1.165, 1.54) is 0 Å². The fourth-order valence-corrected chi connectivity index (χ4v) is 2.95. The van der Waals surface area contributed by atoms with Crippen molar-refractivity contribution >= 4 is 22.7 Å². The number of ether oxygens (including phenoxy) is 1. The van der Waals surface area contributed by atoms with Gasteiger partial charge in [0.05, 0.1) is 19.0 Å². The Morgan fingerprint density at radius 1 is 1.18 bits per heavy atom. The zero-order valence-electron chi connectivity index (χ0n) is 15.0. The predicted molar refractivity (Wildman–Crippen MR) is 101 cm³/mol. The maximum atomic E-state index is 12.3. The van der Waals surface area contributed by atoms with E-state index in [1.54, 1.807) is 25.3 Å². The molecule has 2 N–H and O–H groups in total. The number of aromatic nitrogens is 1. The van der Waals surface area contributed by atoms with Crippen LogP contribution in [0.5, 0.6) is 11.5 Å². The summed E-state index contributed by atoms with van der Waals surface area (Å²) in [5, 5.41) is 28.9. The van der Waals surface area contributed by atoms with Crippen molar-refractivity contribution in [3.05, 3.63) is 53.7 Å². The number of aromatic hydroxyl groups is 1. The van der Waals surface area contributed by atoms with Gasteiger partial charge in [0.1, 0.15) is 23.1 Å². The van der Waals surface area contributed by atoms with Gasteiger partial charge in [-0.1, -0.05) is 30.3 Å². The lowest BCUT2D eigenvalue weighted by atomic mass is 9.99. The van der Waals surface area contributed by atoms with E-state index in [9.17, 15) is 20.0 Å². The lowest BCUT2D eigenvalue weighted by molar-refractivity contribution is -0.136. The van der Waals surface area contributed by atoms with E-state index in [0.29, 0.717) is 16.7 Å². The molecule has 28 heavy (non-hydrogen) atoms. The minimum atomic E-state index is -1.13. The zero-order valence-corrected chi connectivity index (χ0v) is 15.0. The summed E-state index contributed by atoms with van der Waals surface area (Å²) in [5.41, 5.74) is 1.53. The molecule has 0 unspecified atom stereocenters. The number of nitriles is 1. The van der Waals surface area contributed by atoms with Gasteiger partial charge in [0.2, 0.25) is 0 Å². The highest BCUT2D eigenvalue weighted by molar-refractivity contribution is 6.03. The van der Waals surface area contributed by atoms with E-state index in [-0.39, 0.29) is 24.1 Å². The number of carboxylic acid groups (broad SMARTS) is 1. The number of hydrogen-bond donors (Lipinski definition) is 2. The first kappa shape index (κ1) is 18.9. The summed E-state index contributed by atoms with van der Waals surface area (Å²) >= 11 is 0. The molecule has 0 spiro atoms. The van der Waals surface area contributed by atoms with Gasteiger partial charge in [0, 0.05) is 17.4 Å². The fraction of sp³-hybridized carbons (Fsp3) is 0.143. The molecule has 0 bridgehead atoms. The third-order valence-electron chi connectivity index (χ3n) is 4.32. The second kappa shape index (κ2) is 7.76. The smallest absolute Gasteiger partial charge is 0.303 e. The Kier molecular flexibility index (Phi) is 5.23. The van der Waals surface area contributed by atoms with Crippen molar-refractivity contribution in [2.45, 2.75) is 12.8 Å². The number of aliphatic carboxylic acids is 1. The monoisotopic (exact) mass is 376 g/mol. The van der Waals surface area contributed by atoms with Crippen LogP contribution in [0.4, 0.5) is 0 Å². The maximum Gasteiger partial charge on any atom is 0.303 e. The summed E-state index contributed by atoms with van der Waals surface area (Å²) in [6, 6.07) is 14.4. The molecule has 0 radical (unpaired) electrons. The number of nitrogens with zero attached hydrogens (tertiary/aromatic N) is 2. The van der Waals surface area contributed by atoms with Gasteiger partial charge in [0.25, 0.3) is 0 Å². The number of hydrogen-bond acceptors (Lipinski definition) is 6. The molecule has 0 saturated carbocycles. The summed E-state index contributed by atoms with van der Waals surface area (Å²) in [4.78, 5) is 27.3. The lowest BCUT2D eigenvalue weighted by Gasteiger charge is -2.11. The average Bonchev–Trinajstić information content (AvgIpc) is 2.71. The molecular weight excluding hydrogens is 360 g/mol. The highest BCUT2D eigenvalue weighted by Crippen LogP contribution is 2.34. The number of fused-ring (bicyclic) bond motifs is 1. The minimum absolute atomic E-state index is 0.0738. The average molecular weight is 376 g/mol. The van der Waals surface area contributed by atoms with Crippen molar-refractivity contribution in [1.82, 2.24) is 4.98 Å². The zero-order chi connectivity index (χ0) is 20.3. The van der Waals surface area contributed by atoms with Gasteiger partial charge in [-0.25, -0.2) is 4.98 Å². The van der Waals surface area contributed by atoms with Gasteiger partial charge in [-0.15, -0.1) is 0 Å². The van der Waals surface area contributed by atoms with Crippen molar-refractivity contribution < 1.29 is 24.5 Å². The Labute approximate surface area is 160 Å². The van der Waals surface area contributed by atoms with Gasteiger partial charge in [-0.2, -0.15) is 5.26 Å². The van der Waals surface area contributed by atoms with Crippen molar-refractivity contribution in [3.8, 4) is 28.7 Å². The van der Waals surface area contributed by atoms with Crippen molar-refractivity contribution in [2.24, 2.45) is 0 Å². The van der Waals surface area contributed by atoms with E-state index in [1.807, 2.05) is 30.3 Å². The third kappa shape index (κ3) is 3.48. The molecular formula is C21H16N2O5. The topological polar surface area (TPSA) is 121 Å². The Balaban J connectivity index is 2.17. The number of rotatable bonds is 6. The molecule has 0 aliphatic heterocycles. The number of benzene rings is 2. The normalized spacial score (nSPS) is 10.4. The van der Waals surface area contributed by atoms with Gasteiger partial charge >= 0.3 is 5.97 Å². The number of pyridine rings is 1. The number of methoxy groups -OCH3 is 1. The molecule has 1 aromatic heterocycles. The van der Waals surface area contributed by atoms with Crippen LogP contribution in [-0.4, -0.2) is 34.1 Å². The molecule has 0 amide bonds. The number of para-hydroxylation sites is 1. The predicted octanol–water partition coefficient (Wildman–Crippen LogP) is 3.54. The van der Waals surface area contributed by atoms with Crippen molar-refractivity contribution in [3.63, 3.8) is 0 Å². The van der Waals surface area contributed by atoms with Gasteiger partial charge in [-0.3, -0.25) is 9.59 Å². The van der Waals surface area contributed by atoms with Gasteiger partial charge < -0.3 is 14.9 Å². The molecule has 0 saturated heterocycles. The summed E-state index contributed by atoms with van der Waals surface area (Å²) < 4.78 is 5.37. The number of ketones is 1. The van der Waals surface area contributed by atoms with E-state index in [0.717, 1.165) is 11.1 Å². The summed E-state index contributed by atoms with van der Waals surface area (Å²) in [6.07, 6.45) is -0.709. The molecule has 0 fully saturated rings. The van der Waals surface area contributed by atoms with Crippen molar-refractivity contribution in [1.29, 1.82) is 5.26 Å². The number of carbonyl (C=O) groups excluding carboxylic acids is 1. The molecule has 2 aromatic carbocycles. The highest BCUT2D eigenvalue weighted by Gasteiger charge is 2.21. The SMILES string of the molecule is COc1ccccc1-c1ccc2c(C#N)c(O)c(C(=O)CCC(=O)O)nc2c1. The standard InChI is InChI=1S/C21H16N2O5/c1-28-18-5-3-2-4-13(18)12-6-7-14-15(11-22)21(27)20(23-16(14)10-12)17(24)8-9-19(25)26/h2-7,10,27H,8-9H2,1H3,(H,25,26). The van der Waals surface area contributed by atoms with Crippen LogP contribution in [0.1, 0.15) is 28.9 Å². The Bertz CT molecular complexity index is 1130. The summed E-state index contributed by atoms with van der Waals surface area (Å²) in [6.45, 7) is 0. The molecule has 1 heterocycles. The number of Topliss-reactive ketones (excluding diaryl/α,β-unsaturated/α-hetero) is 1. The van der Waals surface area contributed by atoms with Crippen LogP contribution in [0.2, 0.25) is 0 Å². The van der Waals surface area contributed by atoms with Crippen LogP contribution < -0.4 is 4.74 Å². The Hall–Kier alpha value is -3.92. The molecule has 0 aliphatic carbocycles. The third-order valence-corrected chi connectivity index (χ3v) is 4.32. The van der Waals surface area contributed by atoms with E-state index >= 15 is 0 Å². The second-order valence-electron chi connectivity index (χ2n) is 6.04. The van der Waals surface area contributed by atoms with Crippen LogP contribution in [-0.2, 0) is 4.79 Å². The first-order valence-corrected chi connectivity index (χ1v) is 8.41. The molecule has 3 rings (SSSR count). The molecule has 140 valence electrons. The molecule has 7 nitrogen and oxygen atoms in total. The van der Waals surface area contributed by atoms with E-state index in [2.05, 4.69) is 4.98 Å². The van der Waals surface area contributed by atoms with Gasteiger partial charge in [-0.05, 0) is 17.7 Å². The fourth-order valence-electron chi connectivity index (χ4n) is 2.95. The quantitative estimate of drug-likeness (QED) is 0.631. The van der Waals surface area contributed by atoms with Crippen LogP contribution in [0, 0.1) is 11.3 Å². The van der Waals surface area contributed by atoms with Gasteiger partial charge in [0.15, 0.2) is 11.5 Å². The second-order valence-corrected chi connectivity index (χ2v) is 6.04. The van der Waals surface area contributed by atoms with Crippen molar-refractivity contribution in [2.75, 3.05) is 7.11 Å². The summed E-state index contributed by atoms with van der Waals surface area (Å²) in [5.74, 6) is -1.65. The first-order chi connectivity index (χ1) is 13.5. The van der Waals surface area contributed by atoms with Crippen LogP contribution >= 0.6 is 0 Å². The Morgan fingerprint density at radius 3 is 2.61 bits per heavy atom. The van der Waals surface area contributed by atoms with E-state index < -0.39 is 17.5 Å². The maximum absolute atomic E-state index is 12.3. The molecule has 0 aliphatic rings. The largest absolute Gasteiger partial charge is 0.504 e. The molecule has 3 aromatic rings. The first-order valence-electron chi connectivity index (χ1n) is 8.41.